The maximum Gasteiger partial charge on any atom is 0.262 e. The molecule has 0 N–H and O–H groups in total. The minimum Gasteiger partial charge on any atom is -0.335 e. The van der Waals surface area contributed by atoms with E-state index >= 15 is 0 Å². The van der Waals surface area contributed by atoms with E-state index in [-0.39, 0.29) is 0 Å². The second-order valence-electron chi connectivity index (χ2n) is 22.3. The molecule has 0 amide bonds. The monoisotopic (exact) mass is 1290 g/mol. The number of benzene rings is 8. The summed E-state index contributed by atoms with van der Waals surface area (Å²) in [6, 6.07) is 74.9. The van der Waals surface area contributed by atoms with Crippen LogP contribution in [0.1, 0.15) is 74.1 Å². The number of anilines is 3. The number of thiazole rings is 1. The summed E-state index contributed by atoms with van der Waals surface area (Å²) in [6.07, 6.45) is 24.8. The maximum absolute atomic E-state index is 7.18. The van der Waals surface area contributed by atoms with Gasteiger partial charge in [0.15, 0.2) is 0 Å². The molecule has 0 radical (unpaired) electrons. The molecule has 0 spiro atoms. The van der Waals surface area contributed by atoms with Gasteiger partial charge in [-0.15, -0.1) is 0 Å². The SMILES string of the molecule is CCN1C(=CC=C2CCC(C=Cc3sc4ccc(Cl)cc4[n+]3CC)=C2N(c2ccccc2)c2ccccc2)Sc2ccc(Cl)cc21.ClC1=C(C=Cc2cc(-c3ccccc3)[s+]c3ccccc23)CCCC1C/C=C1\C=C(c2ccccc2)Sc2ccccc21. The molecule has 10 heteroatoms. The van der Waals surface area contributed by atoms with Crippen molar-refractivity contribution in [2.75, 3.05) is 16.3 Å². The fraction of sp³-hybridized carbons (Fsp3) is 0.139. The standard InChI is InChI=1S/C40H32ClS2.C39H34Cl2N3S2/c41-40-30(22-24-32-26-38(28-12-3-1-4-13-28)42-36-20-9-7-18-34(32)36)16-11-17-31(40)23-25-33-27-39(29-14-5-2-6-15-29)43-37-21-10-8-19-35(33)37;1-3-42-33-25-29(40)19-21-35(33)45-37(42)23-17-27-15-16-28(18-24-38-43(4-2)34-26-30(41)20-22-36(34)46-38)39(27)44(31-11-7-5-8-12-31)32-13-9-6-10-14-32/h1-10,12-15,18-22,24-27,31H,11,16-17,23H2;5-14,17-26H,3-4,15-16H2,1-2H3/q2*+1/b24-22?,33-25+;. The normalized spacial score (nSPS) is 17.1. The predicted octanol–water partition coefficient (Wildman–Crippen LogP) is 24.6. The van der Waals surface area contributed by atoms with Crippen molar-refractivity contribution in [1.29, 1.82) is 0 Å². The Morgan fingerprint density at radius 3 is 2.04 bits per heavy atom. The highest BCUT2D eigenvalue weighted by Gasteiger charge is 2.29. The van der Waals surface area contributed by atoms with Gasteiger partial charge in [-0.1, -0.05) is 209 Å². The van der Waals surface area contributed by atoms with Gasteiger partial charge in [-0.25, -0.2) is 0 Å². The number of rotatable bonds is 14. The summed E-state index contributed by atoms with van der Waals surface area (Å²) >= 11 is 27.3. The summed E-state index contributed by atoms with van der Waals surface area (Å²) in [5.74, 6) is 0.340. The van der Waals surface area contributed by atoms with Gasteiger partial charge in [0.2, 0.25) is 26.4 Å². The highest BCUT2D eigenvalue weighted by molar-refractivity contribution is 8.08. The summed E-state index contributed by atoms with van der Waals surface area (Å²) < 4.78 is 4.89. The number of fused-ring (bicyclic) bond motifs is 4. The van der Waals surface area contributed by atoms with Crippen LogP contribution in [-0.4, -0.2) is 6.54 Å². The number of allylic oxidation sites excluding steroid dienone is 11. The van der Waals surface area contributed by atoms with E-state index in [4.69, 9.17) is 34.8 Å². The molecule has 2 aromatic heterocycles. The first-order valence-corrected chi connectivity index (χ1v) is 35.0. The number of para-hydroxylation sites is 2. The molecule has 0 fully saturated rings. The summed E-state index contributed by atoms with van der Waals surface area (Å²) in [4.78, 5) is 9.90. The molecule has 4 heterocycles. The van der Waals surface area contributed by atoms with E-state index in [0.29, 0.717) is 5.92 Å². The zero-order valence-corrected chi connectivity index (χ0v) is 55.2. The van der Waals surface area contributed by atoms with Crippen LogP contribution in [0.4, 0.5) is 17.1 Å². The summed E-state index contributed by atoms with van der Waals surface area (Å²) in [5.41, 5.74) is 16.2. The van der Waals surface area contributed by atoms with Crippen LogP contribution >= 0.6 is 81.0 Å². The van der Waals surface area contributed by atoms with Crippen molar-refractivity contribution in [3.05, 3.63) is 313 Å². The van der Waals surface area contributed by atoms with Gasteiger partial charge in [-0.3, -0.25) is 0 Å². The van der Waals surface area contributed by atoms with Crippen LogP contribution in [0.15, 0.2) is 291 Å². The lowest BCUT2D eigenvalue weighted by Gasteiger charge is -2.28. The van der Waals surface area contributed by atoms with E-state index in [1.165, 1.54) is 106 Å². The molecule has 1 atom stereocenters. The molecule has 0 saturated heterocycles. The van der Waals surface area contributed by atoms with Gasteiger partial charge in [0.05, 0.1) is 16.4 Å². The Hall–Kier alpha value is -7.43. The summed E-state index contributed by atoms with van der Waals surface area (Å²) in [5, 5.41) is 6.28. The number of hydrogen-bond donors (Lipinski definition) is 0. The molecular weight excluding hydrogens is 1230 g/mol. The van der Waals surface area contributed by atoms with Crippen LogP contribution in [0.25, 0.3) is 53.4 Å². The highest BCUT2D eigenvalue weighted by atomic mass is 35.5. The second kappa shape index (κ2) is 28.2. The first kappa shape index (κ1) is 60.5. The van der Waals surface area contributed by atoms with Gasteiger partial charge >= 0.3 is 0 Å². The first-order chi connectivity index (χ1) is 43.8. The van der Waals surface area contributed by atoms with Crippen molar-refractivity contribution in [3.8, 4) is 10.4 Å². The molecule has 0 bridgehead atoms. The number of halogens is 3. The number of aromatic nitrogens is 1. The van der Waals surface area contributed by atoms with E-state index in [2.05, 4.69) is 277 Å². The molecule has 2 aliphatic carbocycles. The van der Waals surface area contributed by atoms with Crippen molar-refractivity contribution in [2.24, 2.45) is 5.92 Å². The number of hydrogen-bond acceptors (Lipinski definition) is 5. The number of thioether (sulfide) groups is 2. The predicted molar refractivity (Wildman–Crippen MR) is 390 cm³/mol. The van der Waals surface area contributed by atoms with Crippen molar-refractivity contribution in [1.82, 2.24) is 0 Å². The van der Waals surface area contributed by atoms with Gasteiger partial charge in [0, 0.05) is 82.9 Å². The summed E-state index contributed by atoms with van der Waals surface area (Å²) in [6.45, 7) is 6.14. The molecule has 14 rings (SSSR count). The molecule has 4 aliphatic rings. The number of aryl methyl sites for hydroxylation is 1. The Bertz CT molecular complexity index is 4460. The van der Waals surface area contributed by atoms with Gasteiger partial charge in [-0.05, 0) is 194 Å². The topological polar surface area (TPSA) is 10.4 Å². The molecule has 8 aromatic carbocycles. The third-order valence-electron chi connectivity index (χ3n) is 16.7. The Labute approximate surface area is 555 Å². The van der Waals surface area contributed by atoms with Crippen LogP contribution in [-0.2, 0) is 6.54 Å². The van der Waals surface area contributed by atoms with Crippen LogP contribution < -0.4 is 14.4 Å². The quantitative estimate of drug-likeness (QED) is 0.0793. The molecule has 3 nitrogen and oxygen atoms in total. The van der Waals surface area contributed by atoms with E-state index in [0.717, 1.165) is 78.1 Å². The molecule has 2 aliphatic heterocycles. The fourth-order valence-corrected chi connectivity index (χ4v) is 17.4. The largest absolute Gasteiger partial charge is 0.335 e. The average molecular weight is 1290 g/mol. The summed E-state index contributed by atoms with van der Waals surface area (Å²) in [7, 11) is 0. The Morgan fingerprint density at radius 2 is 1.29 bits per heavy atom. The maximum atomic E-state index is 7.18. The van der Waals surface area contributed by atoms with Crippen LogP contribution in [0.3, 0.4) is 0 Å². The third-order valence-corrected chi connectivity index (χ3v) is 22.3. The molecule has 10 aromatic rings. The average Bonchev–Trinajstić information content (AvgIpc) is 2.28. The van der Waals surface area contributed by atoms with Crippen molar-refractivity contribution in [3.63, 3.8) is 0 Å². The lowest BCUT2D eigenvalue weighted by Crippen LogP contribution is -2.33. The molecule has 0 saturated carbocycles. The Kier molecular flexibility index (Phi) is 19.1. The van der Waals surface area contributed by atoms with Crippen molar-refractivity contribution >= 4 is 141 Å². The van der Waals surface area contributed by atoms with Crippen molar-refractivity contribution in [2.45, 2.75) is 68.7 Å². The second-order valence-corrected chi connectivity index (χ2v) is 27.8. The molecule has 1 unspecified atom stereocenters. The fourth-order valence-electron chi connectivity index (χ4n) is 12.3. The van der Waals surface area contributed by atoms with Crippen LogP contribution in [0, 0.1) is 5.92 Å². The first-order valence-electron chi connectivity index (χ1n) is 30.6. The zero-order valence-electron chi connectivity index (χ0n) is 49.7. The Morgan fingerprint density at radius 1 is 0.618 bits per heavy atom. The van der Waals surface area contributed by atoms with Gasteiger partial charge in [0.1, 0.15) is 11.2 Å². The van der Waals surface area contributed by atoms with Crippen LogP contribution in [0.2, 0.25) is 10.0 Å². The van der Waals surface area contributed by atoms with Gasteiger partial charge in [0.25, 0.3) is 5.01 Å². The molecule has 89 heavy (non-hydrogen) atoms. The third kappa shape index (κ3) is 13.6. The smallest absolute Gasteiger partial charge is 0.262 e. The zero-order chi connectivity index (χ0) is 60.6. The van der Waals surface area contributed by atoms with E-state index in [1.54, 1.807) is 0 Å². The number of nitrogens with zero attached hydrogens (tertiary/aromatic N) is 3. The van der Waals surface area contributed by atoms with Crippen molar-refractivity contribution < 1.29 is 4.57 Å². The lowest BCUT2D eigenvalue weighted by atomic mass is 9.86. The van der Waals surface area contributed by atoms with E-state index in [1.807, 2.05) is 58.3 Å². The van der Waals surface area contributed by atoms with Crippen LogP contribution in [0.5, 0.6) is 0 Å². The minimum atomic E-state index is 0.340. The molecule has 440 valence electrons. The van der Waals surface area contributed by atoms with Gasteiger partial charge < -0.3 is 9.80 Å². The van der Waals surface area contributed by atoms with E-state index < -0.39 is 0 Å². The lowest BCUT2D eigenvalue weighted by molar-refractivity contribution is -0.665. The minimum absolute atomic E-state index is 0.340. The van der Waals surface area contributed by atoms with E-state index in [9.17, 15) is 0 Å². The highest BCUT2D eigenvalue weighted by Crippen LogP contribution is 2.49. The molecular formula is C79H66Cl3N3S4+2. The Balaban J connectivity index is 0.000000164. The van der Waals surface area contributed by atoms with Gasteiger partial charge in [-0.2, -0.15) is 4.57 Å².